The van der Waals surface area contributed by atoms with Crippen LogP contribution >= 0.6 is 0 Å². The van der Waals surface area contributed by atoms with Crippen LogP contribution < -0.4 is 5.32 Å². The lowest BCUT2D eigenvalue weighted by Crippen LogP contribution is -2.51. The van der Waals surface area contributed by atoms with Crippen LogP contribution in [0.1, 0.15) is 65.2 Å². The molecule has 3 saturated carbocycles. The lowest BCUT2D eigenvalue weighted by Gasteiger charge is -2.58. The first-order valence-electron chi connectivity index (χ1n) is 11.6. The fourth-order valence-corrected chi connectivity index (χ4v) is 7.75. The average Bonchev–Trinajstić information content (AvgIpc) is 3.07. The van der Waals surface area contributed by atoms with Crippen LogP contribution in [-0.4, -0.2) is 11.7 Å². The van der Waals surface area contributed by atoms with Gasteiger partial charge in [-0.15, -0.1) is 0 Å². The molecule has 4 aliphatic rings. The second kappa shape index (κ2) is 7.03. The Labute approximate surface area is 178 Å². The van der Waals surface area contributed by atoms with Crippen LogP contribution in [0.5, 0.6) is 0 Å². The van der Waals surface area contributed by atoms with Crippen LogP contribution in [0.4, 0.5) is 10.1 Å². The highest BCUT2D eigenvalue weighted by Gasteiger charge is 2.60. The zero-order valence-electron chi connectivity index (χ0n) is 18.0. The molecular weight excluding hydrogens is 377 g/mol. The second-order valence-corrected chi connectivity index (χ2v) is 10.6. The van der Waals surface area contributed by atoms with Gasteiger partial charge in [-0.2, -0.15) is 0 Å². The zero-order valence-corrected chi connectivity index (χ0v) is 18.0. The highest BCUT2D eigenvalue weighted by molar-refractivity contribution is 5.93. The maximum Gasteiger partial charge on any atom is 0.228 e. The highest BCUT2D eigenvalue weighted by Crippen LogP contribution is 2.66. The van der Waals surface area contributed by atoms with E-state index in [1.54, 1.807) is 12.1 Å². The first-order valence-corrected chi connectivity index (χ1v) is 11.6. The quantitative estimate of drug-likeness (QED) is 0.660. The Morgan fingerprint density at radius 1 is 1.00 bits per heavy atom. The van der Waals surface area contributed by atoms with Gasteiger partial charge in [0.25, 0.3) is 0 Å². The van der Waals surface area contributed by atoms with Gasteiger partial charge in [-0.05, 0) is 104 Å². The molecule has 0 radical (unpaired) electrons. The number of hydrogen-bond acceptors (Lipinski definition) is 2. The van der Waals surface area contributed by atoms with Crippen LogP contribution in [0, 0.1) is 40.3 Å². The number of ketones is 1. The molecule has 1 aromatic carbocycles. The first kappa shape index (κ1) is 20.0. The molecule has 5 rings (SSSR count). The molecule has 30 heavy (non-hydrogen) atoms. The van der Waals surface area contributed by atoms with Crippen molar-refractivity contribution in [1.29, 1.82) is 0 Å². The van der Waals surface area contributed by atoms with Crippen LogP contribution in [0.25, 0.3) is 0 Å². The molecule has 0 aromatic heterocycles. The molecule has 3 unspecified atom stereocenters. The lowest BCUT2D eigenvalue weighted by molar-refractivity contribution is -0.127. The van der Waals surface area contributed by atoms with Crippen molar-refractivity contribution < 1.29 is 14.0 Å². The van der Waals surface area contributed by atoms with Gasteiger partial charge >= 0.3 is 0 Å². The summed E-state index contributed by atoms with van der Waals surface area (Å²) in [5.74, 6) is 2.01. The number of rotatable bonds is 2. The number of halogens is 1. The van der Waals surface area contributed by atoms with Gasteiger partial charge in [-0.1, -0.05) is 19.4 Å². The summed E-state index contributed by atoms with van der Waals surface area (Å²) < 4.78 is 13.2. The van der Waals surface area contributed by atoms with E-state index in [9.17, 15) is 14.0 Å². The van der Waals surface area contributed by atoms with Crippen LogP contribution in [-0.2, 0) is 9.59 Å². The van der Waals surface area contributed by atoms with Gasteiger partial charge in [0.05, 0.1) is 0 Å². The molecule has 0 aliphatic heterocycles. The lowest BCUT2D eigenvalue weighted by atomic mass is 9.47. The summed E-state index contributed by atoms with van der Waals surface area (Å²) in [6.07, 6.45) is 10.1. The van der Waals surface area contributed by atoms with E-state index >= 15 is 0 Å². The van der Waals surface area contributed by atoms with E-state index < -0.39 is 0 Å². The molecule has 4 heteroatoms. The normalized spacial score (nSPS) is 40.1. The Morgan fingerprint density at radius 2 is 1.77 bits per heavy atom. The average molecular weight is 410 g/mol. The van der Waals surface area contributed by atoms with Crippen LogP contribution in [0.2, 0.25) is 0 Å². The predicted octanol–water partition coefficient (Wildman–Crippen LogP) is 5.91. The van der Waals surface area contributed by atoms with Crippen LogP contribution in [0.3, 0.4) is 0 Å². The number of carbonyl (C=O) groups is 2. The van der Waals surface area contributed by atoms with Crippen molar-refractivity contribution in [3.8, 4) is 0 Å². The standard InChI is InChI=1S/C26H32FNO2/c1-25-13-11-19(29)15-16(25)3-8-20-21-9-10-23(26(21,2)14-12-22(20)25)24(30)28-18-6-4-17(27)5-7-18/h4-7,15,20-23H,3,8-14H2,1-2H3,(H,28,30)/t20?,21?,22?,23-,25+,26+/m1/s1. The highest BCUT2D eigenvalue weighted by atomic mass is 19.1. The number of benzene rings is 1. The summed E-state index contributed by atoms with van der Waals surface area (Å²) in [7, 11) is 0. The summed E-state index contributed by atoms with van der Waals surface area (Å²) in [6.45, 7) is 4.74. The Balaban J connectivity index is 1.36. The Kier molecular flexibility index (Phi) is 4.68. The topological polar surface area (TPSA) is 46.2 Å². The maximum atomic E-state index is 13.2. The van der Waals surface area contributed by atoms with Gasteiger partial charge in [0, 0.05) is 18.0 Å². The minimum atomic E-state index is -0.289. The maximum absolute atomic E-state index is 13.2. The van der Waals surface area contributed by atoms with Crippen molar-refractivity contribution >= 4 is 17.4 Å². The van der Waals surface area contributed by atoms with Gasteiger partial charge in [0.2, 0.25) is 5.91 Å². The number of nitrogens with one attached hydrogen (secondary N) is 1. The van der Waals surface area contributed by atoms with E-state index in [1.807, 2.05) is 6.08 Å². The molecule has 160 valence electrons. The third kappa shape index (κ3) is 2.98. The second-order valence-electron chi connectivity index (χ2n) is 10.6. The molecule has 0 bridgehead atoms. The summed E-state index contributed by atoms with van der Waals surface area (Å²) in [6, 6.07) is 6.06. The minimum Gasteiger partial charge on any atom is -0.326 e. The molecule has 6 atom stereocenters. The van der Waals surface area contributed by atoms with Crippen molar-refractivity contribution in [3.05, 3.63) is 41.7 Å². The molecule has 0 saturated heterocycles. The largest absolute Gasteiger partial charge is 0.326 e. The summed E-state index contributed by atoms with van der Waals surface area (Å²) >= 11 is 0. The fourth-order valence-electron chi connectivity index (χ4n) is 7.75. The molecule has 4 aliphatic carbocycles. The van der Waals surface area contributed by atoms with Crippen molar-refractivity contribution in [2.24, 2.45) is 34.5 Å². The molecule has 1 amide bonds. The smallest absolute Gasteiger partial charge is 0.228 e. The molecule has 3 fully saturated rings. The first-order chi connectivity index (χ1) is 14.3. The van der Waals surface area contributed by atoms with E-state index in [2.05, 4.69) is 19.2 Å². The number of hydrogen-bond donors (Lipinski definition) is 1. The van der Waals surface area contributed by atoms with Gasteiger partial charge < -0.3 is 5.32 Å². The third-order valence-corrected chi connectivity index (χ3v) is 9.39. The van der Waals surface area contributed by atoms with Crippen LogP contribution in [0.15, 0.2) is 35.9 Å². The summed E-state index contributed by atoms with van der Waals surface area (Å²) in [4.78, 5) is 25.2. The van der Waals surface area contributed by atoms with E-state index in [0.29, 0.717) is 35.6 Å². The van der Waals surface area contributed by atoms with Crippen molar-refractivity contribution in [1.82, 2.24) is 0 Å². The molecule has 1 N–H and O–H groups in total. The molecule has 3 nitrogen and oxygen atoms in total. The summed E-state index contributed by atoms with van der Waals surface area (Å²) in [5.41, 5.74) is 2.28. The van der Waals surface area contributed by atoms with E-state index in [0.717, 1.165) is 44.9 Å². The van der Waals surface area contributed by atoms with E-state index in [4.69, 9.17) is 0 Å². The van der Waals surface area contributed by atoms with Gasteiger partial charge in [0.1, 0.15) is 5.82 Å². The van der Waals surface area contributed by atoms with Gasteiger partial charge in [-0.25, -0.2) is 4.39 Å². The van der Waals surface area contributed by atoms with E-state index in [-0.39, 0.29) is 28.5 Å². The molecular formula is C26H32FNO2. The monoisotopic (exact) mass is 409 g/mol. The summed E-state index contributed by atoms with van der Waals surface area (Å²) in [5, 5.41) is 3.05. The third-order valence-electron chi connectivity index (χ3n) is 9.39. The van der Waals surface area contributed by atoms with Gasteiger partial charge in [-0.3, -0.25) is 9.59 Å². The van der Waals surface area contributed by atoms with Crippen molar-refractivity contribution in [2.45, 2.75) is 65.2 Å². The van der Waals surface area contributed by atoms with Crippen molar-refractivity contribution in [3.63, 3.8) is 0 Å². The van der Waals surface area contributed by atoms with E-state index in [1.165, 1.54) is 17.7 Å². The molecule has 0 spiro atoms. The number of amides is 1. The Morgan fingerprint density at radius 3 is 2.53 bits per heavy atom. The minimum absolute atomic E-state index is 0.0196. The SMILES string of the molecule is C[C@]12CCC(=O)C=C1CCC1C2CC[C@@]2(C)C1CC[C@@H]2C(=O)Nc1ccc(F)cc1. The number of carbonyl (C=O) groups excluding carboxylic acids is 2. The number of allylic oxidation sites excluding steroid dienone is 1. The Bertz CT molecular complexity index is 906. The Hall–Kier alpha value is -1.97. The van der Waals surface area contributed by atoms with Crippen molar-refractivity contribution in [2.75, 3.05) is 5.32 Å². The predicted molar refractivity (Wildman–Crippen MR) is 115 cm³/mol. The molecule has 0 heterocycles. The number of fused-ring (bicyclic) bond motifs is 5. The van der Waals surface area contributed by atoms with Gasteiger partial charge in [0.15, 0.2) is 5.78 Å². The zero-order chi connectivity index (χ0) is 21.1. The fraction of sp³-hybridized carbons (Fsp3) is 0.615. The molecule has 1 aromatic rings. The number of anilines is 1.